The second-order valence-corrected chi connectivity index (χ2v) is 6.44. The summed E-state index contributed by atoms with van der Waals surface area (Å²) in [6.45, 7) is 0. The monoisotopic (exact) mass is 383 g/mol. The molecule has 0 saturated heterocycles. The van der Waals surface area contributed by atoms with E-state index < -0.39 is 5.69 Å². The lowest BCUT2D eigenvalue weighted by molar-refractivity contribution is 1.09. The normalized spacial score (nSPS) is 11.0. The number of nitrogens with zero attached hydrogens (tertiary/aromatic N) is 3. The van der Waals surface area contributed by atoms with Gasteiger partial charge in [-0.15, -0.1) is 0 Å². The molecule has 4 aromatic rings. The van der Waals surface area contributed by atoms with Gasteiger partial charge in [0.2, 0.25) is 0 Å². The largest absolute Gasteiger partial charge is 0.383 e. The summed E-state index contributed by atoms with van der Waals surface area (Å²) in [5.41, 5.74) is 8.57. The molecule has 128 valence electrons. The molecule has 0 radical (unpaired) electrons. The van der Waals surface area contributed by atoms with Crippen molar-refractivity contribution in [3.8, 4) is 22.5 Å². The molecule has 0 aliphatic heterocycles. The molecule has 0 atom stereocenters. The Morgan fingerprint density at radius 3 is 1.81 bits per heavy atom. The summed E-state index contributed by atoms with van der Waals surface area (Å²) in [5, 5.41) is 1.22. The van der Waals surface area contributed by atoms with Crippen molar-refractivity contribution in [3.05, 3.63) is 69.1 Å². The van der Waals surface area contributed by atoms with Gasteiger partial charge in [-0.1, -0.05) is 47.5 Å². The van der Waals surface area contributed by atoms with Crippen molar-refractivity contribution in [1.82, 2.24) is 19.9 Å². The van der Waals surface area contributed by atoms with Crippen LogP contribution in [0.5, 0.6) is 0 Å². The number of nitrogen functional groups attached to an aromatic ring is 1. The van der Waals surface area contributed by atoms with Crippen LogP contribution in [0, 0.1) is 0 Å². The molecule has 0 aliphatic rings. The number of fused-ring (bicyclic) bond motifs is 1. The summed E-state index contributed by atoms with van der Waals surface area (Å²) in [7, 11) is 0. The molecule has 26 heavy (non-hydrogen) atoms. The highest BCUT2D eigenvalue weighted by molar-refractivity contribution is 6.31. The summed E-state index contributed by atoms with van der Waals surface area (Å²) < 4.78 is 0. The lowest BCUT2D eigenvalue weighted by atomic mass is 10.0. The predicted molar refractivity (Wildman–Crippen MR) is 103 cm³/mol. The summed E-state index contributed by atoms with van der Waals surface area (Å²) in [4.78, 5) is 27.1. The number of H-pyrrole nitrogens is 1. The summed E-state index contributed by atoms with van der Waals surface area (Å²) >= 11 is 12.0. The van der Waals surface area contributed by atoms with E-state index in [2.05, 4.69) is 19.9 Å². The lowest BCUT2D eigenvalue weighted by Gasteiger charge is -2.11. The third kappa shape index (κ3) is 3.00. The number of halogens is 2. The van der Waals surface area contributed by atoms with Crippen molar-refractivity contribution in [1.29, 1.82) is 0 Å². The minimum atomic E-state index is -0.578. The van der Waals surface area contributed by atoms with Crippen molar-refractivity contribution in [2.24, 2.45) is 0 Å². The van der Waals surface area contributed by atoms with E-state index in [1.54, 1.807) is 24.3 Å². The summed E-state index contributed by atoms with van der Waals surface area (Å²) in [6.07, 6.45) is 0. The van der Waals surface area contributed by atoms with E-state index in [-0.39, 0.29) is 11.5 Å². The van der Waals surface area contributed by atoms with Crippen LogP contribution in [0.4, 0.5) is 5.82 Å². The van der Waals surface area contributed by atoms with E-state index in [0.29, 0.717) is 26.9 Å². The molecule has 0 unspecified atom stereocenters. The molecule has 0 bridgehead atoms. The number of benzene rings is 2. The minimum Gasteiger partial charge on any atom is -0.383 e. The molecule has 4 rings (SSSR count). The van der Waals surface area contributed by atoms with Crippen molar-refractivity contribution in [2.45, 2.75) is 0 Å². The van der Waals surface area contributed by atoms with Gasteiger partial charge in [0.05, 0.1) is 11.4 Å². The number of nitrogens with one attached hydrogen (secondary N) is 1. The predicted octanol–water partition coefficient (Wildman–Crippen LogP) is 3.94. The maximum atomic E-state index is 11.6. The first-order valence-electron chi connectivity index (χ1n) is 7.61. The number of nitrogens with two attached hydrogens (primary N) is 1. The SMILES string of the molecule is Nc1[nH]c(=O)nc2nc(-c3ccc(Cl)cc3)c(-c3ccc(Cl)cc3)nc12. The Balaban J connectivity index is 2.06. The van der Waals surface area contributed by atoms with E-state index in [1.807, 2.05) is 24.3 Å². The molecule has 6 nitrogen and oxygen atoms in total. The fourth-order valence-corrected chi connectivity index (χ4v) is 2.85. The highest BCUT2D eigenvalue weighted by Gasteiger charge is 2.16. The van der Waals surface area contributed by atoms with Crippen LogP contribution in [0.1, 0.15) is 0 Å². The molecule has 3 N–H and O–H groups in total. The lowest BCUT2D eigenvalue weighted by Crippen LogP contribution is -2.14. The molecule has 0 fully saturated rings. The van der Waals surface area contributed by atoms with Crippen LogP contribution in [0.15, 0.2) is 53.3 Å². The Hall–Kier alpha value is -2.96. The standard InChI is InChI=1S/C18H11Cl2N5O/c19-11-5-1-9(2-6-11)13-14(10-3-7-12(20)8-4-10)23-17-15(22-13)16(21)24-18(26)25-17/h1-8H,(H3,21,23,24,25,26). The van der Waals surface area contributed by atoms with Gasteiger partial charge in [0.1, 0.15) is 11.3 Å². The van der Waals surface area contributed by atoms with Crippen LogP contribution in [-0.2, 0) is 0 Å². The van der Waals surface area contributed by atoms with Gasteiger partial charge in [-0.05, 0) is 24.3 Å². The number of hydrogen-bond acceptors (Lipinski definition) is 5. The van der Waals surface area contributed by atoms with Gasteiger partial charge in [-0.2, -0.15) is 4.98 Å². The number of anilines is 1. The van der Waals surface area contributed by atoms with E-state index in [1.165, 1.54) is 0 Å². The summed E-state index contributed by atoms with van der Waals surface area (Å²) in [6, 6.07) is 14.4. The third-order valence-electron chi connectivity index (χ3n) is 3.82. The van der Waals surface area contributed by atoms with Gasteiger partial charge in [0.25, 0.3) is 0 Å². The maximum Gasteiger partial charge on any atom is 0.348 e. The van der Waals surface area contributed by atoms with Crippen molar-refractivity contribution >= 4 is 40.2 Å². The fraction of sp³-hybridized carbons (Fsp3) is 0. The first-order valence-corrected chi connectivity index (χ1v) is 8.36. The Morgan fingerprint density at radius 2 is 1.27 bits per heavy atom. The fourth-order valence-electron chi connectivity index (χ4n) is 2.60. The molecular weight excluding hydrogens is 373 g/mol. The second-order valence-electron chi connectivity index (χ2n) is 5.56. The molecule has 0 aliphatic carbocycles. The topological polar surface area (TPSA) is 97.6 Å². The third-order valence-corrected chi connectivity index (χ3v) is 4.32. The zero-order valence-corrected chi connectivity index (χ0v) is 14.7. The molecule has 2 aromatic heterocycles. The first-order chi connectivity index (χ1) is 12.5. The average Bonchev–Trinajstić information content (AvgIpc) is 2.62. The highest BCUT2D eigenvalue weighted by Crippen LogP contribution is 2.32. The van der Waals surface area contributed by atoms with Gasteiger partial charge in [0, 0.05) is 21.2 Å². The number of rotatable bonds is 2. The van der Waals surface area contributed by atoms with Crippen LogP contribution in [0.2, 0.25) is 10.0 Å². The zero-order chi connectivity index (χ0) is 18.3. The second kappa shape index (κ2) is 6.40. The molecule has 0 saturated carbocycles. The smallest absolute Gasteiger partial charge is 0.348 e. The number of aromatic nitrogens is 4. The van der Waals surface area contributed by atoms with E-state index in [0.717, 1.165) is 11.1 Å². The summed E-state index contributed by atoms with van der Waals surface area (Å²) in [5.74, 6) is 0.116. The molecule has 8 heteroatoms. The van der Waals surface area contributed by atoms with E-state index >= 15 is 0 Å². The van der Waals surface area contributed by atoms with Crippen molar-refractivity contribution in [2.75, 3.05) is 5.73 Å². The molecule has 2 aromatic carbocycles. The molecule has 0 amide bonds. The average molecular weight is 384 g/mol. The van der Waals surface area contributed by atoms with Gasteiger partial charge in [0.15, 0.2) is 5.65 Å². The van der Waals surface area contributed by atoms with Crippen LogP contribution >= 0.6 is 23.2 Å². The van der Waals surface area contributed by atoms with E-state index in [4.69, 9.17) is 28.9 Å². The quantitative estimate of drug-likeness (QED) is 0.546. The number of hydrogen-bond donors (Lipinski definition) is 2. The molecule has 0 spiro atoms. The van der Waals surface area contributed by atoms with Gasteiger partial charge < -0.3 is 5.73 Å². The Kier molecular flexibility index (Phi) is 4.06. The highest BCUT2D eigenvalue weighted by atomic mass is 35.5. The van der Waals surface area contributed by atoms with Crippen LogP contribution in [0.25, 0.3) is 33.7 Å². The van der Waals surface area contributed by atoms with Crippen LogP contribution in [0.3, 0.4) is 0 Å². The minimum absolute atomic E-state index is 0.116. The Bertz CT molecular complexity index is 1170. The Labute approximate surface area is 157 Å². The molecule has 2 heterocycles. The van der Waals surface area contributed by atoms with Crippen LogP contribution in [-0.4, -0.2) is 19.9 Å². The van der Waals surface area contributed by atoms with Crippen molar-refractivity contribution in [3.63, 3.8) is 0 Å². The molecular formula is C18H11Cl2N5O. The van der Waals surface area contributed by atoms with Gasteiger partial charge >= 0.3 is 5.69 Å². The zero-order valence-electron chi connectivity index (χ0n) is 13.2. The van der Waals surface area contributed by atoms with Crippen molar-refractivity contribution < 1.29 is 0 Å². The number of aromatic amines is 1. The van der Waals surface area contributed by atoms with Gasteiger partial charge in [-0.3, -0.25) is 4.98 Å². The van der Waals surface area contributed by atoms with Crippen LogP contribution < -0.4 is 11.4 Å². The Morgan fingerprint density at radius 1 is 0.769 bits per heavy atom. The first kappa shape index (κ1) is 16.5. The van der Waals surface area contributed by atoms with E-state index in [9.17, 15) is 4.79 Å². The maximum absolute atomic E-state index is 11.6. The van der Waals surface area contributed by atoms with Gasteiger partial charge in [-0.25, -0.2) is 14.8 Å².